The van der Waals surface area contributed by atoms with E-state index in [0.29, 0.717) is 30.9 Å². The molecule has 8 nitrogen and oxygen atoms in total. The summed E-state index contributed by atoms with van der Waals surface area (Å²) in [5.74, 6) is 0.712. The first kappa shape index (κ1) is 20.2. The number of nitrogens with zero attached hydrogens (tertiary/aromatic N) is 5. The largest absolute Gasteiger partial charge is 0.351 e. The summed E-state index contributed by atoms with van der Waals surface area (Å²) in [7, 11) is 0. The fourth-order valence-corrected chi connectivity index (χ4v) is 4.34. The van der Waals surface area contributed by atoms with Crippen molar-refractivity contribution in [2.75, 3.05) is 6.54 Å². The van der Waals surface area contributed by atoms with E-state index in [0.717, 1.165) is 49.3 Å². The van der Waals surface area contributed by atoms with Crippen LogP contribution in [0.3, 0.4) is 0 Å². The molecule has 0 aliphatic carbocycles. The molecule has 0 saturated heterocycles. The average Bonchev–Trinajstić information content (AvgIpc) is 3.24. The van der Waals surface area contributed by atoms with E-state index in [4.69, 9.17) is 4.98 Å². The first-order valence-corrected chi connectivity index (χ1v) is 11.2. The van der Waals surface area contributed by atoms with Crippen LogP contribution < -0.4 is 11.0 Å². The highest BCUT2D eigenvalue weighted by Gasteiger charge is 2.24. The third kappa shape index (κ3) is 3.84. The molecule has 0 radical (unpaired) electrons. The van der Waals surface area contributed by atoms with Crippen LogP contribution in [-0.4, -0.2) is 36.2 Å². The summed E-state index contributed by atoms with van der Waals surface area (Å²) in [6, 6.07) is 15.5. The molecule has 8 heteroatoms. The minimum absolute atomic E-state index is 0.153. The Hall–Kier alpha value is -3.68. The van der Waals surface area contributed by atoms with E-state index in [-0.39, 0.29) is 11.6 Å². The lowest BCUT2D eigenvalue weighted by atomic mass is 10.1. The number of imidazole rings is 1. The van der Waals surface area contributed by atoms with E-state index in [1.807, 2.05) is 36.4 Å². The standard InChI is InChI=1S/C24H26N6O2/c31-23(25-14-9-17-30-24(32)29-16-8-6-13-20(29)27-30)21-19-12-5-2-7-15-28(19)22(26-21)18-10-3-1-4-11-18/h1,3-4,6,8,10-11,13,16H,2,5,7,9,12,14-15,17H2,(H,25,31). The van der Waals surface area contributed by atoms with Crippen LogP contribution in [0.15, 0.2) is 59.5 Å². The average molecular weight is 431 g/mol. The molecule has 5 rings (SSSR count). The first-order valence-electron chi connectivity index (χ1n) is 11.2. The zero-order valence-electron chi connectivity index (χ0n) is 17.9. The molecular formula is C24H26N6O2. The van der Waals surface area contributed by atoms with Gasteiger partial charge in [0.25, 0.3) is 5.91 Å². The second-order valence-electron chi connectivity index (χ2n) is 8.10. The molecule has 164 valence electrons. The van der Waals surface area contributed by atoms with E-state index in [1.54, 1.807) is 18.3 Å². The van der Waals surface area contributed by atoms with Gasteiger partial charge in [-0.25, -0.2) is 14.5 Å². The van der Waals surface area contributed by atoms with Crippen molar-refractivity contribution >= 4 is 11.6 Å². The van der Waals surface area contributed by atoms with Gasteiger partial charge in [-0.3, -0.25) is 9.20 Å². The van der Waals surface area contributed by atoms with Gasteiger partial charge in [0.05, 0.1) is 5.69 Å². The Morgan fingerprint density at radius 2 is 1.88 bits per heavy atom. The van der Waals surface area contributed by atoms with Crippen LogP contribution in [0, 0.1) is 0 Å². The summed E-state index contributed by atoms with van der Waals surface area (Å²) in [6.45, 7) is 1.78. The second-order valence-corrected chi connectivity index (χ2v) is 8.10. The van der Waals surface area contributed by atoms with Crippen molar-refractivity contribution in [3.05, 3.63) is 76.6 Å². The Bertz CT molecular complexity index is 1300. The van der Waals surface area contributed by atoms with Gasteiger partial charge >= 0.3 is 5.69 Å². The van der Waals surface area contributed by atoms with Crippen LogP contribution in [0.2, 0.25) is 0 Å². The third-order valence-corrected chi connectivity index (χ3v) is 5.94. The molecule has 1 amide bonds. The van der Waals surface area contributed by atoms with Crippen molar-refractivity contribution in [2.24, 2.45) is 0 Å². The predicted octanol–water partition coefficient (Wildman–Crippen LogP) is 2.91. The lowest BCUT2D eigenvalue weighted by molar-refractivity contribution is 0.0947. The quantitative estimate of drug-likeness (QED) is 0.477. The lowest BCUT2D eigenvalue weighted by Gasteiger charge is -2.09. The van der Waals surface area contributed by atoms with Crippen LogP contribution in [0.1, 0.15) is 41.9 Å². The fraction of sp³-hybridized carbons (Fsp3) is 0.333. The van der Waals surface area contributed by atoms with Crippen molar-refractivity contribution in [3.8, 4) is 11.4 Å². The molecule has 1 aliphatic heterocycles. The first-order chi connectivity index (χ1) is 15.7. The highest BCUT2D eigenvalue weighted by molar-refractivity contribution is 5.94. The minimum atomic E-state index is -0.168. The van der Waals surface area contributed by atoms with Crippen LogP contribution in [0.5, 0.6) is 0 Å². The highest BCUT2D eigenvalue weighted by Crippen LogP contribution is 2.27. The van der Waals surface area contributed by atoms with Gasteiger partial charge in [0.2, 0.25) is 0 Å². The molecule has 0 bridgehead atoms. The topological polar surface area (TPSA) is 86.2 Å². The van der Waals surface area contributed by atoms with Crippen LogP contribution in [0.25, 0.3) is 17.0 Å². The SMILES string of the molecule is O=C(NCCCn1nc2ccccn2c1=O)c1nc(-c2ccccc2)n2c1CCCCC2. The van der Waals surface area contributed by atoms with Gasteiger partial charge in [0.15, 0.2) is 5.65 Å². The summed E-state index contributed by atoms with van der Waals surface area (Å²) in [5, 5.41) is 7.32. The monoisotopic (exact) mass is 430 g/mol. The van der Waals surface area contributed by atoms with Crippen LogP contribution >= 0.6 is 0 Å². The van der Waals surface area contributed by atoms with Gasteiger partial charge in [-0.1, -0.05) is 42.8 Å². The van der Waals surface area contributed by atoms with E-state index >= 15 is 0 Å². The smallest absolute Gasteiger partial charge is 0.350 e. The maximum atomic E-state index is 13.0. The molecule has 0 atom stereocenters. The number of hydrogen-bond donors (Lipinski definition) is 1. The Balaban J connectivity index is 1.29. The minimum Gasteiger partial charge on any atom is -0.351 e. The molecule has 0 fully saturated rings. The molecule has 32 heavy (non-hydrogen) atoms. The van der Waals surface area contributed by atoms with E-state index in [1.165, 1.54) is 9.08 Å². The Morgan fingerprint density at radius 1 is 1.03 bits per heavy atom. The molecule has 0 saturated carbocycles. The van der Waals surface area contributed by atoms with Crippen molar-refractivity contribution in [2.45, 2.75) is 45.2 Å². The van der Waals surface area contributed by atoms with Gasteiger partial charge in [-0.2, -0.15) is 0 Å². The van der Waals surface area contributed by atoms with Crippen molar-refractivity contribution < 1.29 is 4.79 Å². The summed E-state index contributed by atoms with van der Waals surface area (Å²) in [5.41, 5.74) is 3.03. The molecule has 3 aromatic heterocycles. The van der Waals surface area contributed by atoms with Crippen LogP contribution in [-0.2, 0) is 19.5 Å². The van der Waals surface area contributed by atoms with Gasteiger partial charge in [-0.05, 0) is 37.8 Å². The Kier molecular flexibility index (Phi) is 5.58. The van der Waals surface area contributed by atoms with Crippen molar-refractivity contribution in [1.29, 1.82) is 0 Å². The van der Waals surface area contributed by atoms with Gasteiger partial charge in [-0.15, -0.1) is 5.10 Å². The fourth-order valence-electron chi connectivity index (χ4n) is 4.34. The van der Waals surface area contributed by atoms with E-state index in [2.05, 4.69) is 15.0 Å². The Labute approximate surface area is 185 Å². The number of fused-ring (bicyclic) bond motifs is 2. The number of carbonyl (C=O) groups is 1. The second kappa shape index (κ2) is 8.82. The van der Waals surface area contributed by atoms with Gasteiger partial charge < -0.3 is 9.88 Å². The molecule has 1 aromatic carbocycles. The van der Waals surface area contributed by atoms with Crippen molar-refractivity contribution in [3.63, 3.8) is 0 Å². The van der Waals surface area contributed by atoms with Crippen molar-refractivity contribution in [1.82, 2.24) is 29.0 Å². The number of amides is 1. The molecule has 4 aromatic rings. The van der Waals surface area contributed by atoms with Crippen LogP contribution in [0.4, 0.5) is 0 Å². The zero-order valence-corrected chi connectivity index (χ0v) is 17.9. The zero-order chi connectivity index (χ0) is 21.9. The third-order valence-electron chi connectivity index (χ3n) is 5.94. The summed E-state index contributed by atoms with van der Waals surface area (Å²) < 4.78 is 5.18. The lowest BCUT2D eigenvalue weighted by Crippen LogP contribution is -2.28. The number of benzene rings is 1. The number of nitrogens with one attached hydrogen (secondary N) is 1. The molecule has 1 aliphatic rings. The summed E-state index contributed by atoms with van der Waals surface area (Å²) in [6.07, 6.45) is 6.49. The molecule has 0 unspecified atom stereocenters. The number of rotatable bonds is 6. The van der Waals surface area contributed by atoms with E-state index in [9.17, 15) is 9.59 Å². The summed E-state index contributed by atoms with van der Waals surface area (Å²) in [4.78, 5) is 30.2. The molecule has 4 heterocycles. The number of aromatic nitrogens is 5. The van der Waals surface area contributed by atoms with Gasteiger partial charge in [0.1, 0.15) is 11.5 Å². The number of aryl methyl sites for hydroxylation is 1. The number of carbonyl (C=O) groups excluding carboxylic acids is 1. The Morgan fingerprint density at radius 3 is 2.72 bits per heavy atom. The maximum Gasteiger partial charge on any atom is 0.350 e. The molecular weight excluding hydrogens is 404 g/mol. The number of pyridine rings is 1. The molecule has 0 spiro atoms. The maximum absolute atomic E-state index is 13.0. The van der Waals surface area contributed by atoms with Gasteiger partial charge in [0, 0.05) is 31.4 Å². The number of hydrogen-bond acceptors (Lipinski definition) is 4. The molecule has 1 N–H and O–H groups in total. The predicted molar refractivity (Wildman–Crippen MR) is 122 cm³/mol. The van der Waals surface area contributed by atoms with E-state index < -0.39 is 0 Å². The summed E-state index contributed by atoms with van der Waals surface area (Å²) >= 11 is 0. The normalized spacial score (nSPS) is 13.6. The highest BCUT2D eigenvalue weighted by atomic mass is 16.2.